The summed E-state index contributed by atoms with van der Waals surface area (Å²) in [4.78, 5) is 22.1. The molecule has 5 rings (SSSR count). The Morgan fingerprint density at radius 3 is 2.50 bits per heavy atom. The summed E-state index contributed by atoms with van der Waals surface area (Å²) in [6.07, 6.45) is 0.997. The minimum absolute atomic E-state index is 0.142. The van der Waals surface area contributed by atoms with Gasteiger partial charge >= 0.3 is 5.69 Å². The highest BCUT2D eigenvalue weighted by molar-refractivity contribution is 5.94. The summed E-state index contributed by atoms with van der Waals surface area (Å²) < 4.78 is 0. The molecule has 1 aliphatic rings. The Bertz CT molecular complexity index is 1160. The van der Waals surface area contributed by atoms with Crippen LogP contribution in [0.15, 0.2) is 65.5 Å². The normalized spacial score (nSPS) is 15.5. The van der Waals surface area contributed by atoms with Gasteiger partial charge in [-0.1, -0.05) is 42.5 Å². The van der Waals surface area contributed by atoms with E-state index in [2.05, 4.69) is 74.4 Å². The molecule has 142 valence electrons. The molecule has 5 nitrogen and oxygen atoms in total. The van der Waals surface area contributed by atoms with E-state index in [1.165, 1.54) is 22.0 Å². The second-order valence-electron chi connectivity index (χ2n) is 7.54. The maximum absolute atomic E-state index is 11.4. The Morgan fingerprint density at radius 2 is 1.61 bits per heavy atom. The van der Waals surface area contributed by atoms with Crippen LogP contribution in [-0.4, -0.2) is 47.6 Å². The molecule has 0 unspecified atom stereocenters. The van der Waals surface area contributed by atoms with Crippen LogP contribution >= 0.6 is 0 Å². The van der Waals surface area contributed by atoms with E-state index in [0.717, 1.165) is 50.2 Å². The van der Waals surface area contributed by atoms with E-state index >= 15 is 0 Å². The number of hydrogen-bond donors (Lipinski definition) is 2. The molecule has 0 amide bonds. The van der Waals surface area contributed by atoms with Crippen LogP contribution in [0.25, 0.3) is 21.8 Å². The first kappa shape index (κ1) is 17.1. The predicted octanol–water partition coefficient (Wildman–Crippen LogP) is 3.37. The monoisotopic (exact) mass is 372 g/mol. The number of benzene rings is 3. The second kappa shape index (κ2) is 7.17. The molecule has 3 aromatic carbocycles. The van der Waals surface area contributed by atoms with Crippen LogP contribution in [0.2, 0.25) is 0 Å². The molecule has 2 N–H and O–H groups in total. The Balaban J connectivity index is 1.22. The number of fused-ring (bicyclic) bond motifs is 2. The Labute approximate surface area is 163 Å². The predicted molar refractivity (Wildman–Crippen MR) is 115 cm³/mol. The summed E-state index contributed by atoms with van der Waals surface area (Å²) in [5.41, 5.74) is 4.23. The molecule has 5 heteroatoms. The zero-order valence-electron chi connectivity index (χ0n) is 15.8. The van der Waals surface area contributed by atoms with Crippen molar-refractivity contribution in [1.29, 1.82) is 0 Å². The van der Waals surface area contributed by atoms with Crippen molar-refractivity contribution in [3.63, 3.8) is 0 Å². The van der Waals surface area contributed by atoms with Gasteiger partial charge in [-0.2, -0.15) is 0 Å². The average molecular weight is 372 g/mol. The number of aromatic nitrogens is 2. The minimum Gasteiger partial charge on any atom is -0.368 e. The number of nitrogens with one attached hydrogen (secondary N) is 2. The number of rotatable bonds is 4. The molecule has 0 radical (unpaired) electrons. The van der Waals surface area contributed by atoms with Gasteiger partial charge < -0.3 is 14.9 Å². The number of piperazine rings is 1. The third-order valence-electron chi connectivity index (χ3n) is 5.78. The summed E-state index contributed by atoms with van der Waals surface area (Å²) in [7, 11) is 0. The summed E-state index contributed by atoms with van der Waals surface area (Å²) in [5, 5.41) is 2.65. The lowest BCUT2D eigenvalue weighted by Crippen LogP contribution is -2.47. The Kier molecular flexibility index (Phi) is 4.37. The van der Waals surface area contributed by atoms with Crippen LogP contribution in [-0.2, 0) is 6.42 Å². The zero-order chi connectivity index (χ0) is 18.9. The lowest BCUT2D eigenvalue weighted by molar-refractivity contribution is 0.261. The van der Waals surface area contributed by atoms with Crippen LogP contribution in [0.1, 0.15) is 5.56 Å². The van der Waals surface area contributed by atoms with Gasteiger partial charge in [0.2, 0.25) is 0 Å². The van der Waals surface area contributed by atoms with Crippen molar-refractivity contribution in [1.82, 2.24) is 14.9 Å². The number of hydrogen-bond acceptors (Lipinski definition) is 3. The topological polar surface area (TPSA) is 55.1 Å². The molecule has 2 heterocycles. The van der Waals surface area contributed by atoms with Gasteiger partial charge in [-0.3, -0.25) is 4.90 Å². The lowest BCUT2D eigenvalue weighted by Gasteiger charge is -2.36. The van der Waals surface area contributed by atoms with Crippen LogP contribution < -0.4 is 10.6 Å². The molecule has 0 aliphatic carbocycles. The molecular weight excluding hydrogens is 348 g/mol. The van der Waals surface area contributed by atoms with Crippen molar-refractivity contribution in [3.8, 4) is 0 Å². The third-order valence-corrected chi connectivity index (χ3v) is 5.78. The fraction of sp³-hybridized carbons (Fsp3) is 0.261. The van der Waals surface area contributed by atoms with E-state index in [1.807, 2.05) is 6.07 Å². The van der Waals surface area contributed by atoms with Gasteiger partial charge in [-0.25, -0.2) is 4.79 Å². The standard InChI is InChI=1S/C23H24N4O/c28-23-24-20-9-8-17(16-21(20)25-23)10-11-26-12-14-27(15-13-26)22-7-3-5-18-4-1-2-6-19(18)22/h1-9,16H,10-15H2,(H2,24,25,28). The van der Waals surface area contributed by atoms with Crippen molar-refractivity contribution in [3.05, 3.63) is 76.7 Å². The molecule has 0 saturated carbocycles. The van der Waals surface area contributed by atoms with Gasteiger partial charge in [0.1, 0.15) is 0 Å². The van der Waals surface area contributed by atoms with Crippen molar-refractivity contribution >= 4 is 27.5 Å². The van der Waals surface area contributed by atoms with Gasteiger partial charge in [0, 0.05) is 43.8 Å². The maximum atomic E-state index is 11.4. The van der Waals surface area contributed by atoms with Crippen molar-refractivity contribution in [2.75, 3.05) is 37.6 Å². The average Bonchev–Trinajstić information content (AvgIpc) is 3.11. The Hall–Kier alpha value is -3.05. The summed E-state index contributed by atoms with van der Waals surface area (Å²) >= 11 is 0. The minimum atomic E-state index is -0.142. The molecule has 0 spiro atoms. The van der Waals surface area contributed by atoms with Crippen molar-refractivity contribution in [2.24, 2.45) is 0 Å². The molecule has 1 fully saturated rings. The quantitative estimate of drug-likeness (QED) is 0.577. The molecule has 4 aromatic rings. The fourth-order valence-corrected chi connectivity index (χ4v) is 4.22. The molecule has 0 bridgehead atoms. The van der Waals surface area contributed by atoms with E-state index in [0.29, 0.717) is 0 Å². The SMILES string of the molecule is O=c1[nH]c2ccc(CCN3CCN(c4cccc5ccccc45)CC3)cc2[nH]1. The first-order valence-corrected chi connectivity index (χ1v) is 9.92. The highest BCUT2D eigenvalue weighted by Gasteiger charge is 2.18. The maximum Gasteiger partial charge on any atom is 0.323 e. The van der Waals surface area contributed by atoms with E-state index in [9.17, 15) is 4.79 Å². The smallest absolute Gasteiger partial charge is 0.323 e. The van der Waals surface area contributed by atoms with E-state index in [4.69, 9.17) is 0 Å². The number of H-pyrrole nitrogens is 2. The van der Waals surface area contributed by atoms with Crippen LogP contribution in [0.4, 0.5) is 5.69 Å². The zero-order valence-corrected chi connectivity index (χ0v) is 15.8. The van der Waals surface area contributed by atoms with E-state index in [-0.39, 0.29) is 5.69 Å². The van der Waals surface area contributed by atoms with Crippen LogP contribution in [0, 0.1) is 0 Å². The summed E-state index contributed by atoms with van der Waals surface area (Å²) in [5.74, 6) is 0. The number of anilines is 1. The van der Waals surface area contributed by atoms with E-state index < -0.39 is 0 Å². The van der Waals surface area contributed by atoms with Gasteiger partial charge in [-0.05, 0) is 35.6 Å². The number of aromatic amines is 2. The first-order chi connectivity index (χ1) is 13.8. The van der Waals surface area contributed by atoms with E-state index in [1.54, 1.807) is 0 Å². The third kappa shape index (κ3) is 3.29. The summed E-state index contributed by atoms with van der Waals surface area (Å²) in [6, 6.07) is 21.4. The largest absolute Gasteiger partial charge is 0.368 e. The van der Waals surface area contributed by atoms with Crippen LogP contribution in [0.3, 0.4) is 0 Å². The number of imidazole rings is 1. The van der Waals surface area contributed by atoms with Crippen LogP contribution in [0.5, 0.6) is 0 Å². The first-order valence-electron chi connectivity index (χ1n) is 9.92. The van der Waals surface area contributed by atoms with Gasteiger partial charge in [0.15, 0.2) is 0 Å². The molecule has 1 saturated heterocycles. The molecule has 28 heavy (non-hydrogen) atoms. The summed E-state index contributed by atoms with van der Waals surface area (Å²) in [6.45, 7) is 5.30. The molecular formula is C23H24N4O. The van der Waals surface area contributed by atoms with Gasteiger partial charge in [0.25, 0.3) is 0 Å². The second-order valence-corrected chi connectivity index (χ2v) is 7.54. The lowest BCUT2D eigenvalue weighted by atomic mass is 10.1. The Morgan fingerprint density at radius 1 is 0.821 bits per heavy atom. The van der Waals surface area contributed by atoms with Gasteiger partial charge in [0.05, 0.1) is 11.0 Å². The fourth-order valence-electron chi connectivity index (χ4n) is 4.22. The van der Waals surface area contributed by atoms with Gasteiger partial charge in [-0.15, -0.1) is 0 Å². The molecule has 0 atom stereocenters. The highest BCUT2D eigenvalue weighted by Crippen LogP contribution is 2.27. The van der Waals surface area contributed by atoms with Crippen molar-refractivity contribution < 1.29 is 0 Å². The van der Waals surface area contributed by atoms with Crippen molar-refractivity contribution in [2.45, 2.75) is 6.42 Å². The highest BCUT2D eigenvalue weighted by atomic mass is 16.1. The molecule has 1 aromatic heterocycles. The molecule has 1 aliphatic heterocycles. The number of nitrogens with zero attached hydrogens (tertiary/aromatic N) is 2.